The number of aliphatic hydroxyl groups excluding tert-OH is 1. The molecule has 1 rings (SSSR count). The summed E-state index contributed by atoms with van der Waals surface area (Å²) in [5.41, 5.74) is 0.858. The van der Waals surface area contributed by atoms with Gasteiger partial charge in [-0.05, 0) is 31.5 Å². The molecule has 3 heteroatoms. The second kappa shape index (κ2) is 5.73. The van der Waals surface area contributed by atoms with Crippen LogP contribution in [0.1, 0.15) is 25.5 Å². The second-order valence-corrected chi connectivity index (χ2v) is 3.63. The van der Waals surface area contributed by atoms with Crippen molar-refractivity contribution in [1.29, 1.82) is 0 Å². The maximum absolute atomic E-state index is 9.41. The summed E-state index contributed by atoms with van der Waals surface area (Å²) in [6.07, 6.45) is -0.453. The fourth-order valence-corrected chi connectivity index (χ4v) is 1.35. The Bertz CT molecular complexity index is 297. The van der Waals surface area contributed by atoms with Crippen LogP contribution < -0.4 is 4.74 Å². The van der Waals surface area contributed by atoms with Gasteiger partial charge in [0.25, 0.3) is 0 Å². The van der Waals surface area contributed by atoms with Crippen LogP contribution in [-0.2, 0) is 4.74 Å². The fraction of sp³-hybridized carbons (Fsp3) is 0.500. The topological polar surface area (TPSA) is 38.7 Å². The van der Waals surface area contributed by atoms with Gasteiger partial charge in [0.1, 0.15) is 11.9 Å². The summed E-state index contributed by atoms with van der Waals surface area (Å²) in [6, 6.07) is 7.46. The van der Waals surface area contributed by atoms with Crippen molar-refractivity contribution in [3.63, 3.8) is 0 Å². The molecule has 0 aliphatic heterocycles. The van der Waals surface area contributed by atoms with Gasteiger partial charge in [0, 0.05) is 7.11 Å². The molecule has 1 N–H and O–H groups in total. The number of rotatable bonds is 5. The minimum absolute atomic E-state index is 0.0132. The van der Waals surface area contributed by atoms with Crippen molar-refractivity contribution in [1.82, 2.24) is 0 Å². The predicted molar refractivity (Wildman–Crippen MR) is 59.0 cm³/mol. The van der Waals surface area contributed by atoms with Crippen LogP contribution in [0.4, 0.5) is 0 Å². The van der Waals surface area contributed by atoms with Crippen molar-refractivity contribution in [2.75, 3.05) is 13.7 Å². The van der Waals surface area contributed by atoms with E-state index in [1.807, 2.05) is 31.2 Å². The molecule has 0 fully saturated rings. The first-order valence-electron chi connectivity index (χ1n) is 5.07. The zero-order valence-corrected chi connectivity index (χ0v) is 9.43. The lowest BCUT2D eigenvalue weighted by Crippen LogP contribution is -2.17. The predicted octanol–water partition coefficient (Wildman–Crippen LogP) is 2.15. The third-order valence-electron chi connectivity index (χ3n) is 2.08. The van der Waals surface area contributed by atoms with Crippen molar-refractivity contribution >= 4 is 0 Å². The lowest BCUT2D eigenvalue weighted by atomic mass is 10.1. The van der Waals surface area contributed by atoms with Crippen molar-refractivity contribution in [3.05, 3.63) is 29.8 Å². The molecular weight excluding hydrogens is 192 g/mol. The van der Waals surface area contributed by atoms with Gasteiger partial charge in [-0.15, -0.1) is 0 Å². The highest BCUT2D eigenvalue weighted by Crippen LogP contribution is 2.19. The zero-order valence-electron chi connectivity index (χ0n) is 9.43. The third-order valence-corrected chi connectivity index (χ3v) is 2.08. The number of methoxy groups -OCH3 is 1. The smallest absolute Gasteiger partial charge is 0.120 e. The number of ether oxygens (including phenoxy) is 2. The van der Waals surface area contributed by atoms with E-state index in [1.54, 1.807) is 14.0 Å². The van der Waals surface area contributed by atoms with Gasteiger partial charge < -0.3 is 14.6 Å². The summed E-state index contributed by atoms with van der Waals surface area (Å²) >= 11 is 0. The monoisotopic (exact) mass is 210 g/mol. The summed E-state index contributed by atoms with van der Waals surface area (Å²) in [5.74, 6) is 0.762. The van der Waals surface area contributed by atoms with Crippen molar-refractivity contribution in [2.45, 2.75) is 26.1 Å². The Hall–Kier alpha value is -1.06. The van der Waals surface area contributed by atoms with E-state index < -0.39 is 6.10 Å². The van der Waals surface area contributed by atoms with Crippen LogP contribution in [0.3, 0.4) is 0 Å². The van der Waals surface area contributed by atoms with Crippen molar-refractivity contribution < 1.29 is 14.6 Å². The Labute approximate surface area is 90.6 Å². The molecule has 0 spiro atoms. The molecule has 15 heavy (non-hydrogen) atoms. The van der Waals surface area contributed by atoms with Crippen LogP contribution in [0.25, 0.3) is 0 Å². The van der Waals surface area contributed by atoms with E-state index in [0.717, 1.165) is 11.3 Å². The van der Waals surface area contributed by atoms with Gasteiger partial charge in [-0.1, -0.05) is 12.1 Å². The summed E-state index contributed by atoms with van der Waals surface area (Å²) in [7, 11) is 1.64. The Kier molecular flexibility index (Phi) is 4.59. The zero-order chi connectivity index (χ0) is 11.3. The highest BCUT2D eigenvalue weighted by Gasteiger charge is 2.05. The molecule has 0 aromatic heterocycles. The molecule has 0 heterocycles. The average molecular weight is 210 g/mol. The van der Waals surface area contributed by atoms with Gasteiger partial charge in [-0.3, -0.25) is 0 Å². The Morgan fingerprint density at radius 1 is 1.33 bits per heavy atom. The first kappa shape index (κ1) is 12.0. The van der Waals surface area contributed by atoms with Gasteiger partial charge in [0.2, 0.25) is 0 Å². The normalized spacial score (nSPS) is 14.7. The quantitative estimate of drug-likeness (QED) is 0.809. The molecule has 0 bridgehead atoms. The Balaban J connectivity index is 2.65. The third kappa shape index (κ3) is 3.90. The molecule has 3 nitrogen and oxygen atoms in total. The van der Waals surface area contributed by atoms with Crippen LogP contribution in [0.15, 0.2) is 24.3 Å². The summed E-state index contributed by atoms with van der Waals surface area (Å²) in [6.45, 7) is 4.23. The van der Waals surface area contributed by atoms with Gasteiger partial charge in [-0.2, -0.15) is 0 Å². The maximum Gasteiger partial charge on any atom is 0.120 e. The molecule has 2 atom stereocenters. The van der Waals surface area contributed by atoms with Gasteiger partial charge >= 0.3 is 0 Å². The highest BCUT2D eigenvalue weighted by molar-refractivity contribution is 5.29. The maximum atomic E-state index is 9.41. The first-order valence-corrected chi connectivity index (χ1v) is 5.07. The first-order chi connectivity index (χ1) is 7.13. The van der Waals surface area contributed by atoms with Crippen molar-refractivity contribution in [3.8, 4) is 5.75 Å². The SMILES string of the molecule is COCC(C)Oc1cccc([C@@H](C)O)c1. The van der Waals surface area contributed by atoms with Crippen LogP contribution in [-0.4, -0.2) is 24.9 Å². The van der Waals surface area contributed by atoms with E-state index in [4.69, 9.17) is 9.47 Å². The highest BCUT2D eigenvalue weighted by atomic mass is 16.5. The molecule has 1 aromatic carbocycles. The molecular formula is C12H18O3. The summed E-state index contributed by atoms with van der Waals surface area (Å²) in [4.78, 5) is 0. The van der Waals surface area contributed by atoms with Gasteiger partial charge in [-0.25, -0.2) is 0 Å². The lowest BCUT2D eigenvalue weighted by molar-refractivity contribution is 0.0918. The minimum Gasteiger partial charge on any atom is -0.488 e. The van der Waals surface area contributed by atoms with E-state index in [2.05, 4.69) is 0 Å². The van der Waals surface area contributed by atoms with E-state index >= 15 is 0 Å². The molecule has 0 aliphatic carbocycles. The fourth-order valence-electron chi connectivity index (χ4n) is 1.35. The number of aliphatic hydroxyl groups is 1. The van der Waals surface area contributed by atoms with E-state index in [0.29, 0.717) is 6.61 Å². The number of hydrogen-bond acceptors (Lipinski definition) is 3. The second-order valence-electron chi connectivity index (χ2n) is 3.63. The standard InChI is InChI=1S/C12H18O3/c1-9(8-14-3)15-12-6-4-5-11(7-12)10(2)13/h4-7,9-10,13H,8H2,1-3H3/t9?,10-/m1/s1. The summed E-state index contributed by atoms with van der Waals surface area (Å²) in [5, 5.41) is 9.41. The summed E-state index contributed by atoms with van der Waals surface area (Å²) < 4.78 is 10.6. The minimum atomic E-state index is -0.466. The molecule has 84 valence electrons. The lowest BCUT2D eigenvalue weighted by Gasteiger charge is -2.14. The molecule has 1 aromatic rings. The molecule has 0 aliphatic rings. The van der Waals surface area contributed by atoms with Crippen LogP contribution in [0, 0.1) is 0 Å². The average Bonchev–Trinajstić information content (AvgIpc) is 2.18. The Morgan fingerprint density at radius 2 is 2.07 bits per heavy atom. The van der Waals surface area contributed by atoms with Crippen molar-refractivity contribution in [2.24, 2.45) is 0 Å². The molecule has 0 saturated carbocycles. The molecule has 0 saturated heterocycles. The van der Waals surface area contributed by atoms with E-state index in [1.165, 1.54) is 0 Å². The van der Waals surface area contributed by atoms with Gasteiger partial charge in [0.05, 0.1) is 12.7 Å². The van der Waals surface area contributed by atoms with E-state index in [-0.39, 0.29) is 6.10 Å². The Morgan fingerprint density at radius 3 is 2.67 bits per heavy atom. The van der Waals surface area contributed by atoms with Crippen LogP contribution in [0.2, 0.25) is 0 Å². The molecule has 0 amide bonds. The van der Waals surface area contributed by atoms with E-state index in [9.17, 15) is 5.11 Å². The molecule has 0 radical (unpaired) electrons. The molecule has 1 unspecified atom stereocenters. The van der Waals surface area contributed by atoms with Gasteiger partial charge in [0.15, 0.2) is 0 Å². The van der Waals surface area contributed by atoms with Crippen LogP contribution in [0.5, 0.6) is 5.75 Å². The number of benzene rings is 1. The number of hydrogen-bond donors (Lipinski definition) is 1. The largest absolute Gasteiger partial charge is 0.488 e. The van der Waals surface area contributed by atoms with Crippen LogP contribution >= 0.6 is 0 Å².